The molecular weight excluding hydrogens is 388 g/mol. The summed E-state index contributed by atoms with van der Waals surface area (Å²) in [4.78, 5) is 17.3. The average Bonchev–Trinajstić information content (AvgIpc) is 2.77. The number of nitrogens with one attached hydrogen (secondary N) is 1. The zero-order chi connectivity index (χ0) is 20.2. The second-order valence-electron chi connectivity index (χ2n) is 6.97. The topological polar surface area (TPSA) is 60.5 Å². The van der Waals surface area contributed by atoms with Crippen LogP contribution in [0, 0.1) is 5.92 Å². The van der Waals surface area contributed by atoms with Crippen LogP contribution in [0.15, 0.2) is 67.0 Å². The quantitative estimate of drug-likeness (QED) is 0.687. The van der Waals surface area contributed by atoms with Gasteiger partial charge in [-0.3, -0.25) is 9.78 Å². The summed E-state index contributed by atoms with van der Waals surface area (Å²) in [6.07, 6.45) is 4.07. The lowest BCUT2D eigenvalue weighted by Gasteiger charge is -2.27. The van der Waals surface area contributed by atoms with Crippen LogP contribution in [-0.4, -0.2) is 24.6 Å². The van der Waals surface area contributed by atoms with Gasteiger partial charge in [-0.05, 0) is 59.5 Å². The van der Waals surface area contributed by atoms with Crippen molar-refractivity contribution in [3.8, 4) is 11.5 Å². The Morgan fingerprint density at radius 1 is 1.21 bits per heavy atom. The van der Waals surface area contributed by atoms with Crippen LogP contribution in [0.2, 0.25) is 5.02 Å². The van der Waals surface area contributed by atoms with E-state index >= 15 is 0 Å². The molecule has 148 valence electrons. The maximum atomic E-state index is 13.1. The van der Waals surface area contributed by atoms with Crippen molar-refractivity contribution in [1.82, 2.24) is 10.3 Å². The lowest BCUT2D eigenvalue weighted by atomic mass is 9.94. The van der Waals surface area contributed by atoms with E-state index in [1.54, 1.807) is 19.5 Å². The number of aromatic nitrogens is 1. The third kappa shape index (κ3) is 4.35. The van der Waals surface area contributed by atoms with E-state index < -0.39 is 0 Å². The van der Waals surface area contributed by atoms with Crippen LogP contribution in [0.4, 0.5) is 0 Å². The first-order chi connectivity index (χ1) is 14.1. The van der Waals surface area contributed by atoms with E-state index in [2.05, 4.69) is 10.3 Å². The normalized spacial score (nSPS) is 16.3. The Morgan fingerprint density at radius 2 is 2.03 bits per heavy atom. The number of amides is 1. The first-order valence-corrected chi connectivity index (χ1v) is 9.77. The number of fused-ring (bicyclic) bond motifs is 1. The maximum Gasteiger partial charge on any atom is 0.227 e. The molecule has 1 amide bonds. The molecule has 0 fully saturated rings. The van der Waals surface area contributed by atoms with Gasteiger partial charge >= 0.3 is 0 Å². The van der Waals surface area contributed by atoms with Crippen molar-refractivity contribution in [2.75, 3.05) is 13.7 Å². The third-order valence-corrected chi connectivity index (χ3v) is 5.30. The molecule has 0 radical (unpaired) electrons. The number of benzene rings is 2. The van der Waals surface area contributed by atoms with Gasteiger partial charge < -0.3 is 14.8 Å². The van der Waals surface area contributed by atoms with Gasteiger partial charge in [-0.2, -0.15) is 0 Å². The lowest BCUT2D eigenvalue weighted by molar-refractivity contribution is -0.126. The third-order valence-electron chi connectivity index (χ3n) is 5.05. The molecule has 0 spiro atoms. The molecule has 0 bridgehead atoms. The summed E-state index contributed by atoms with van der Waals surface area (Å²) < 4.78 is 11.1. The highest BCUT2D eigenvalue weighted by Crippen LogP contribution is 2.31. The van der Waals surface area contributed by atoms with Crippen LogP contribution in [0.5, 0.6) is 11.5 Å². The van der Waals surface area contributed by atoms with Gasteiger partial charge in [0.25, 0.3) is 0 Å². The summed E-state index contributed by atoms with van der Waals surface area (Å²) in [6, 6.07) is 16.6. The van der Waals surface area contributed by atoms with Crippen molar-refractivity contribution in [1.29, 1.82) is 0 Å². The first-order valence-electron chi connectivity index (χ1n) is 9.39. The molecule has 4 rings (SSSR count). The molecule has 2 aromatic carbocycles. The molecule has 2 atom stereocenters. The average molecular weight is 409 g/mol. The number of carbonyl (C=O) groups excluding carboxylic acids is 1. The van der Waals surface area contributed by atoms with Crippen LogP contribution in [0.25, 0.3) is 0 Å². The summed E-state index contributed by atoms with van der Waals surface area (Å²) in [5.41, 5.74) is 2.82. The minimum Gasteiger partial charge on any atom is -0.497 e. The van der Waals surface area contributed by atoms with Crippen molar-refractivity contribution in [3.05, 3.63) is 88.7 Å². The number of ether oxygens (including phenoxy) is 2. The molecule has 1 aliphatic heterocycles. The van der Waals surface area contributed by atoms with E-state index in [9.17, 15) is 4.79 Å². The highest BCUT2D eigenvalue weighted by molar-refractivity contribution is 6.30. The molecule has 0 saturated carbocycles. The molecule has 1 aliphatic rings. The van der Waals surface area contributed by atoms with Crippen molar-refractivity contribution in [2.45, 2.75) is 12.5 Å². The van der Waals surface area contributed by atoms with E-state index in [4.69, 9.17) is 21.1 Å². The van der Waals surface area contributed by atoms with Crippen molar-refractivity contribution in [3.63, 3.8) is 0 Å². The zero-order valence-corrected chi connectivity index (χ0v) is 16.7. The Balaban J connectivity index is 1.56. The Morgan fingerprint density at radius 3 is 2.76 bits per heavy atom. The number of rotatable bonds is 5. The van der Waals surface area contributed by atoms with Crippen molar-refractivity contribution < 1.29 is 14.3 Å². The molecule has 5 nitrogen and oxygen atoms in total. The molecule has 1 aromatic heterocycles. The molecule has 6 heteroatoms. The summed E-state index contributed by atoms with van der Waals surface area (Å²) in [6.45, 7) is 0.339. The van der Waals surface area contributed by atoms with Gasteiger partial charge in [-0.15, -0.1) is 0 Å². The highest BCUT2D eigenvalue weighted by Gasteiger charge is 2.28. The number of halogens is 1. The standard InChI is InChI=1S/C23H21ClN2O3/c1-28-20-8-9-21-17(12-20)11-18(14-29-21)23(27)26-22(16-3-2-10-25-13-16)15-4-6-19(24)7-5-15/h2-10,12-13,18,22H,11,14H2,1H3,(H,26,27)/t18-,22-/m0/s1. The Bertz CT molecular complexity index is 993. The fourth-order valence-electron chi connectivity index (χ4n) is 3.49. The monoisotopic (exact) mass is 408 g/mol. The van der Waals surface area contributed by atoms with Gasteiger partial charge in [-0.1, -0.05) is 29.8 Å². The van der Waals surface area contributed by atoms with Crippen LogP contribution >= 0.6 is 11.6 Å². The summed E-state index contributed by atoms with van der Waals surface area (Å²) in [5, 5.41) is 3.81. The number of methoxy groups -OCH3 is 1. The van der Waals surface area contributed by atoms with Crippen LogP contribution < -0.4 is 14.8 Å². The number of nitrogens with zero attached hydrogens (tertiary/aromatic N) is 1. The number of carbonyl (C=O) groups is 1. The van der Waals surface area contributed by atoms with Gasteiger partial charge in [-0.25, -0.2) is 0 Å². The molecule has 1 N–H and O–H groups in total. The second-order valence-corrected chi connectivity index (χ2v) is 7.40. The molecular formula is C23H21ClN2O3. The Kier molecular flexibility index (Phi) is 5.67. The first kappa shape index (κ1) is 19.3. The second kappa shape index (κ2) is 8.53. The highest BCUT2D eigenvalue weighted by atomic mass is 35.5. The van der Waals surface area contributed by atoms with E-state index in [1.165, 1.54) is 0 Å². The fraction of sp³-hybridized carbons (Fsp3) is 0.217. The predicted octanol–water partition coefficient (Wildman–Crippen LogP) is 4.20. The lowest BCUT2D eigenvalue weighted by Crippen LogP contribution is -2.39. The van der Waals surface area contributed by atoms with Crippen LogP contribution in [0.1, 0.15) is 22.7 Å². The predicted molar refractivity (Wildman–Crippen MR) is 111 cm³/mol. The number of hydrogen-bond donors (Lipinski definition) is 1. The maximum absolute atomic E-state index is 13.1. The summed E-state index contributed by atoms with van der Waals surface area (Å²) in [7, 11) is 1.63. The summed E-state index contributed by atoms with van der Waals surface area (Å²) >= 11 is 6.04. The van der Waals surface area contributed by atoms with Gasteiger partial charge in [0.15, 0.2) is 0 Å². The molecule has 3 aromatic rings. The largest absolute Gasteiger partial charge is 0.497 e. The number of hydrogen-bond acceptors (Lipinski definition) is 4. The minimum atomic E-state index is -0.319. The van der Waals surface area contributed by atoms with E-state index in [1.807, 2.05) is 54.6 Å². The van der Waals surface area contributed by atoms with Gasteiger partial charge in [0.05, 0.1) is 19.1 Å². The van der Waals surface area contributed by atoms with Gasteiger partial charge in [0.2, 0.25) is 5.91 Å². The SMILES string of the molecule is COc1ccc2c(c1)C[C@H](C(=O)N[C@@H](c1ccc(Cl)cc1)c1cccnc1)CO2. The van der Waals surface area contributed by atoms with Crippen LogP contribution in [0.3, 0.4) is 0 Å². The van der Waals surface area contributed by atoms with Crippen molar-refractivity contribution >= 4 is 17.5 Å². The molecule has 2 heterocycles. The minimum absolute atomic E-state index is 0.0673. The Labute approximate surface area is 174 Å². The molecule has 29 heavy (non-hydrogen) atoms. The fourth-order valence-corrected chi connectivity index (χ4v) is 3.61. The van der Waals surface area contributed by atoms with Gasteiger partial charge in [0.1, 0.15) is 18.1 Å². The van der Waals surface area contributed by atoms with Gasteiger partial charge in [0, 0.05) is 17.4 Å². The smallest absolute Gasteiger partial charge is 0.227 e. The van der Waals surface area contributed by atoms with Crippen molar-refractivity contribution in [2.24, 2.45) is 5.92 Å². The zero-order valence-electron chi connectivity index (χ0n) is 16.0. The summed E-state index contributed by atoms with van der Waals surface area (Å²) in [5.74, 6) is 1.20. The Hall–Kier alpha value is -3.05. The van der Waals surface area contributed by atoms with E-state index in [0.29, 0.717) is 18.1 Å². The van der Waals surface area contributed by atoms with Crippen LogP contribution in [-0.2, 0) is 11.2 Å². The molecule has 0 aliphatic carbocycles. The van der Waals surface area contributed by atoms with E-state index in [-0.39, 0.29) is 17.9 Å². The molecule has 0 unspecified atom stereocenters. The van der Waals surface area contributed by atoms with E-state index in [0.717, 1.165) is 28.2 Å². The molecule has 0 saturated heterocycles. The number of pyridine rings is 1.